The summed E-state index contributed by atoms with van der Waals surface area (Å²) in [6.45, 7) is 0. The van der Waals surface area contributed by atoms with Crippen LogP contribution in [0.1, 0.15) is 0 Å². The second kappa shape index (κ2) is 3.42. The van der Waals surface area contributed by atoms with Gasteiger partial charge in [0.15, 0.2) is 0 Å². The van der Waals surface area contributed by atoms with Crippen molar-refractivity contribution in [1.29, 1.82) is 0 Å². The van der Waals surface area contributed by atoms with Gasteiger partial charge in [0, 0.05) is 0 Å². The lowest BCUT2D eigenvalue weighted by Gasteiger charge is -1.83. The molecule has 50 valence electrons. The Hall–Kier alpha value is -1.59. The number of hydrogen-bond donors (Lipinski definition) is 3. The molecule has 6 nitrogen and oxygen atoms in total. The van der Waals surface area contributed by atoms with E-state index in [-0.39, 0.29) is 0 Å². The Kier molecular flexibility index (Phi) is 2.81. The molecule has 0 aromatic heterocycles. The molecule has 6 heteroatoms. The van der Waals surface area contributed by atoms with Crippen LogP contribution in [0.5, 0.6) is 0 Å². The topological polar surface area (TPSA) is 102 Å². The average molecular weight is 132 g/mol. The number of rotatable bonds is 2. The van der Waals surface area contributed by atoms with E-state index in [1.807, 2.05) is 0 Å². The molecular formula is C3H4N2O4. The van der Waals surface area contributed by atoms with Crippen LogP contribution in [0.3, 0.4) is 0 Å². The van der Waals surface area contributed by atoms with E-state index >= 15 is 0 Å². The first-order valence-electron chi connectivity index (χ1n) is 1.85. The van der Waals surface area contributed by atoms with Crippen molar-refractivity contribution in [2.75, 3.05) is 0 Å². The minimum atomic E-state index is -1.46. The van der Waals surface area contributed by atoms with E-state index in [0.29, 0.717) is 6.21 Å². The first kappa shape index (κ1) is 7.41. The fourth-order valence-electron chi connectivity index (χ4n) is 0.179. The molecule has 0 aliphatic heterocycles. The van der Waals surface area contributed by atoms with Crippen molar-refractivity contribution in [1.82, 2.24) is 0 Å². The SMILES string of the molecule is O=C(O)C(/C=N/O)=N/O. The Morgan fingerprint density at radius 1 is 1.44 bits per heavy atom. The van der Waals surface area contributed by atoms with Gasteiger partial charge in [0.1, 0.15) is 6.21 Å². The Morgan fingerprint density at radius 3 is 2.11 bits per heavy atom. The molecule has 0 bridgehead atoms. The fourth-order valence-corrected chi connectivity index (χ4v) is 0.179. The van der Waals surface area contributed by atoms with Gasteiger partial charge < -0.3 is 15.5 Å². The number of hydrogen-bond acceptors (Lipinski definition) is 5. The zero-order valence-electron chi connectivity index (χ0n) is 4.22. The van der Waals surface area contributed by atoms with Crippen LogP contribution in [0, 0.1) is 0 Å². The van der Waals surface area contributed by atoms with Crippen LogP contribution in [0.25, 0.3) is 0 Å². The lowest BCUT2D eigenvalue weighted by molar-refractivity contribution is -0.129. The van der Waals surface area contributed by atoms with Crippen LogP contribution in [-0.2, 0) is 4.79 Å². The van der Waals surface area contributed by atoms with E-state index in [4.69, 9.17) is 15.5 Å². The van der Waals surface area contributed by atoms with E-state index in [9.17, 15) is 4.79 Å². The molecule has 0 atom stereocenters. The monoisotopic (exact) mass is 132 g/mol. The summed E-state index contributed by atoms with van der Waals surface area (Å²) in [6.07, 6.45) is 0.502. The molecule has 0 saturated carbocycles. The van der Waals surface area contributed by atoms with Crippen LogP contribution >= 0.6 is 0 Å². The second-order valence-corrected chi connectivity index (χ2v) is 1.03. The van der Waals surface area contributed by atoms with Gasteiger partial charge in [0.05, 0.1) is 0 Å². The largest absolute Gasteiger partial charge is 0.476 e. The standard InChI is InChI=1S/C3H4N2O4/c6-3(7)2(5-9)1-4-8/h1,8-9H,(H,6,7)/b4-1+,5-2+. The van der Waals surface area contributed by atoms with Gasteiger partial charge in [-0.05, 0) is 0 Å². The summed E-state index contributed by atoms with van der Waals surface area (Å²) >= 11 is 0. The van der Waals surface area contributed by atoms with E-state index in [1.165, 1.54) is 0 Å². The predicted octanol–water partition coefficient (Wildman–Crippen LogP) is -0.639. The molecule has 0 amide bonds. The normalized spacial score (nSPS) is 12.2. The van der Waals surface area contributed by atoms with Gasteiger partial charge in [-0.15, -0.1) is 0 Å². The van der Waals surface area contributed by atoms with Gasteiger partial charge in [-0.3, -0.25) is 0 Å². The molecule has 9 heavy (non-hydrogen) atoms. The summed E-state index contributed by atoms with van der Waals surface area (Å²) in [7, 11) is 0. The van der Waals surface area contributed by atoms with Crippen molar-refractivity contribution in [3.05, 3.63) is 0 Å². The first-order valence-corrected chi connectivity index (χ1v) is 1.85. The molecule has 0 aromatic carbocycles. The van der Waals surface area contributed by atoms with E-state index in [1.54, 1.807) is 0 Å². The third-order valence-electron chi connectivity index (χ3n) is 0.507. The zero-order valence-corrected chi connectivity index (χ0v) is 4.22. The van der Waals surface area contributed by atoms with E-state index in [2.05, 4.69) is 10.3 Å². The third-order valence-corrected chi connectivity index (χ3v) is 0.507. The predicted molar refractivity (Wildman–Crippen MR) is 27.1 cm³/mol. The van der Waals surface area contributed by atoms with E-state index in [0.717, 1.165) is 0 Å². The highest BCUT2D eigenvalue weighted by Gasteiger charge is 2.05. The van der Waals surface area contributed by atoms with Crippen molar-refractivity contribution in [3.8, 4) is 0 Å². The third kappa shape index (κ3) is 2.27. The Balaban J connectivity index is 4.19. The summed E-state index contributed by atoms with van der Waals surface area (Å²) in [5.41, 5.74) is -0.725. The van der Waals surface area contributed by atoms with Gasteiger partial charge in [-0.25, -0.2) is 4.79 Å². The minimum absolute atomic E-state index is 0.502. The van der Waals surface area contributed by atoms with Crippen molar-refractivity contribution in [2.45, 2.75) is 0 Å². The molecule has 0 aliphatic rings. The maximum atomic E-state index is 9.83. The summed E-state index contributed by atoms with van der Waals surface area (Å²) in [4.78, 5) is 9.83. The molecular weight excluding hydrogens is 128 g/mol. The molecule has 0 radical (unpaired) electrons. The Labute approximate surface area is 49.7 Å². The van der Waals surface area contributed by atoms with Crippen molar-refractivity contribution >= 4 is 17.9 Å². The smallest absolute Gasteiger partial charge is 0.359 e. The molecule has 0 saturated heterocycles. The van der Waals surface area contributed by atoms with Crippen molar-refractivity contribution < 1.29 is 20.3 Å². The summed E-state index contributed by atoms with van der Waals surface area (Å²) in [5.74, 6) is -1.46. The highest BCUT2D eigenvalue weighted by atomic mass is 16.4. The number of oxime groups is 2. The van der Waals surface area contributed by atoms with Crippen LogP contribution in [0.2, 0.25) is 0 Å². The number of nitrogens with zero attached hydrogens (tertiary/aromatic N) is 2. The number of aliphatic carboxylic acids is 1. The van der Waals surface area contributed by atoms with E-state index < -0.39 is 11.7 Å². The van der Waals surface area contributed by atoms with Gasteiger partial charge >= 0.3 is 5.97 Å². The molecule has 0 aliphatic carbocycles. The van der Waals surface area contributed by atoms with Gasteiger partial charge in [0.25, 0.3) is 0 Å². The fraction of sp³-hybridized carbons (Fsp3) is 0. The maximum absolute atomic E-state index is 9.83. The molecule has 3 N–H and O–H groups in total. The lowest BCUT2D eigenvalue weighted by atomic mass is 10.4. The van der Waals surface area contributed by atoms with Crippen molar-refractivity contribution in [3.63, 3.8) is 0 Å². The minimum Gasteiger partial charge on any atom is -0.476 e. The Bertz CT molecular complexity index is 161. The zero-order chi connectivity index (χ0) is 7.28. The van der Waals surface area contributed by atoms with Gasteiger partial charge in [-0.2, -0.15) is 0 Å². The molecule has 0 unspecified atom stereocenters. The summed E-state index contributed by atoms with van der Waals surface area (Å²) in [5, 5.41) is 28.2. The van der Waals surface area contributed by atoms with Crippen LogP contribution < -0.4 is 0 Å². The maximum Gasteiger partial charge on any atom is 0.359 e. The highest BCUT2D eigenvalue weighted by Crippen LogP contribution is 1.71. The van der Waals surface area contributed by atoms with Gasteiger partial charge in [0.2, 0.25) is 5.71 Å². The quantitative estimate of drug-likeness (QED) is 0.264. The van der Waals surface area contributed by atoms with Crippen LogP contribution in [0.4, 0.5) is 0 Å². The number of carboxylic acids is 1. The summed E-state index contributed by atoms with van der Waals surface area (Å²) in [6, 6.07) is 0. The Morgan fingerprint density at radius 2 is 2.00 bits per heavy atom. The molecule has 0 aromatic rings. The molecule has 0 rings (SSSR count). The molecule has 0 spiro atoms. The average Bonchev–Trinajstić information content (AvgIpc) is 1.82. The molecule has 0 heterocycles. The number of carboxylic acid groups (broad SMARTS) is 1. The first-order chi connectivity index (χ1) is 4.22. The number of carbonyl (C=O) groups is 1. The van der Waals surface area contributed by atoms with Crippen LogP contribution in [0.15, 0.2) is 10.3 Å². The highest BCUT2D eigenvalue weighted by molar-refractivity contribution is 6.58. The van der Waals surface area contributed by atoms with Gasteiger partial charge in [-0.1, -0.05) is 10.3 Å². The lowest BCUT2D eigenvalue weighted by Crippen LogP contribution is -2.13. The second-order valence-electron chi connectivity index (χ2n) is 1.03. The van der Waals surface area contributed by atoms with Crippen molar-refractivity contribution in [2.24, 2.45) is 10.3 Å². The summed E-state index contributed by atoms with van der Waals surface area (Å²) < 4.78 is 0. The van der Waals surface area contributed by atoms with Crippen LogP contribution in [-0.4, -0.2) is 33.4 Å². The molecule has 0 fully saturated rings.